The largest absolute Gasteiger partial charge is 0.333 e. The van der Waals surface area contributed by atoms with Gasteiger partial charge >= 0.3 is 0 Å². The van der Waals surface area contributed by atoms with Gasteiger partial charge in [-0.05, 0) is 19.8 Å². The lowest BCUT2D eigenvalue weighted by Crippen LogP contribution is -2.30. The number of nitrogens with one attached hydrogen (secondary N) is 1. The van der Waals surface area contributed by atoms with Gasteiger partial charge in [-0.3, -0.25) is 4.68 Å². The Morgan fingerprint density at radius 3 is 2.86 bits per heavy atom. The van der Waals surface area contributed by atoms with E-state index in [0.717, 1.165) is 31.2 Å². The molecule has 0 amide bonds. The van der Waals surface area contributed by atoms with Crippen molar-refractivity contribution in [3.05, 3.63) is 30.1 Å². The molecule has 0 aliphatic heterocycles. The summed E-state index contributed by atoms with van der Waals surface area (Å²) in [5.74, 6) is 1.04. The topological polar surface area (TPSA) is 60.6 Å². The summed E-state index contributed by atoms with van der Waals surface area (Å²) in [6.07, 6.45) is 12.6. The molecule has 1 N–H and O–H groups in total. The van der Waals surface area contributed by atoms with Crippen LogP contribution in [-0.4, -0.2) is 30.6 Å². The fourth-order valence-electron chi connectivity index (χ4n) is 2.93. The number of aromatic nitrogens is 5. The third-order valence-corrected chi connectivity index (χ3v) is 4.26. The second kappa shape index (κ2) is 6.85. The first-order chi connectivity index (χ1) is 10.3. The number of nitrogens with zero attached hydrogens (tertiary/aromatic N) is 5. The van der Waals surface area contributed by atoms with Gasteiger partial charge in [-0.2, -0.15) is 0 Å². The highest BCUT2D eigenvalue weighted by Gasteiger charge is 2.13. The van der Waals surface area contributed by atoms with Gasteiger partial charge in [-0.1, -0.05) is 24.5 Å². The molecule has 114 valence electrons. The van der Waals surface area contributed by atoms with Crippen LogP contribution in [0.15, 0.2) is 18.6 Å². The van der Waals surface area contributed by atoms with E-state index in [1.165, 1.54) is 32.1 Å². The van der Waals surface area contributed by atoms with Crippen LogP contribution < -0.4 is 5.32 Å². The number of aryl methyl sites for hydroxylation is 3. The average Bonchev–Trinajstić information content (AvgIpc) is 3.13. The van der Waals surface area contributed by atoms with Crippen molar-refractivity contribution in [1.82, 2.24) is 29.9 Å². The summed E-state index contributed by atoms with van der Waals surface area (Å²) in [5, 5.41) is 12.0. The Morgan fingerprint density at radius 1 is 1.24 bits per heavy atom. The Balaban J connectivity index is 1.46. The highest BCUT2D eigenvalue weighted by molar-refractivity contribution is 4.93. The van der Waals surface area contributed by atoms with Crippen LogP contribution in [0.4, 0.5) is 0 Å². The van der Waals surface area contributed by atoms with Crippen molar-refractivity contribution < 1.29 is 0 Å². The van der Waals surface area contributed by atoms with Gasteiger partial charge in [0, 0.05) is 37.7 Å². The maximum Gasteiger partial charge on any atom is 0.105 e. The molecule has 0 radical (unpaired) electrons. The van der Waals surface area contributed by atoms with Crippen LogP contribution in [0.5, 0.6) is 0 Å². The Hall–Kier alpha value is -1.69. The van der Waals surface area contributed by atoms with Crippen molar-refractivity contribution in [3.63, 3.8) is 0 Å². The van der Waals surface area contributed by atoms with Gasteiger partial charge in [-0.15, -0.1) is 5.10 Å². The van der Waals surface area contributed by atoms with E-state index >= 15 is 0 Å². The molecule has 0 bridgehead atoms. The van der Waals surface area contributed by atoms with Gasteiger partial charge in [0.05, 0.1) is 12.2 Å². The van der Waals surface area contributed by atoms with E-state index < -0.39 is 0 Å². The molecule has 6 heteroatoms. The first-order valence-corrected chi connectivity index (χ1v) is 7.91. The molecule has 0 spiro atoms. The lowest BCUT2D eigenvalue weighted by Gasteiger charge is -2.22. The Labute approximate surface area is 125 Å². The van der Waals surface area contributed by atoms with Gasteiger partial charge in [0.2, 0.25) is 0 Å². The van der Waals surface area contributed by atoms with Crippen molar-refractivity contribution in [3.8, 4) is 0 Å². The van der Waals surface area contributed by atoms with Gasteiger partial charge in [0.15, 0.2) is 0 Å². The van der Waals surface area contributed by atoms with Gasteiger partial charge in [0.1, 0.15) is 5.82 Å². The molecular formula is C15H24N6. The summed E-state index contributed by atoms with van der Waals surface area (Å²) < 4.78 is 4.04. The fourth-order valence-corrected chi connectivity index (χ4v) is 2.93. The highest BCUT2D eigenvalue weighted by Crippen LogP contribution is 2.17. The van der Waals surface area contributed by atoms with E-state index in [1.807, 2.05) is 30.2 Å². The molecule has 0 atom stereocenters. The smallest absolute Gasteiger partial charge is 0.105 e. The predicted octanol–water partition coefficient (Wildman–Crippen LogP) is 1.91. The first kappa shape index (κ1) is 14.3. The van der Waals surface area contributed by atoms with Crippen LogP contribution in [0, 0.1) is 6.92 Å². The fraction of sp³-hybridized carbons (Fsp3) is 0.667. The highest BCUT2D eigenvalue weighted by atomic mass is 15.4. The summed E-state index contributed by atoms with van der Waals surface area (Å²) >= 11 is 0. The SMILES string of the molecule is Cc1nccn1CCn1cc(CNC2CCCCC2)nn1. The molecule has 1 aliphatic rings. The van der Waals surface area contributed by atoms with Crippen molar-refractivity contribution in [1.29, 1.82) is 0 Å². The molecular weight excluding hydrogens is 264 g/mol. The van der Waals surface area contributed by atoms with Crippen molar-refractivity contribution in [2.75, 3.05) is 0 Å². The number of rotatable bonds is 6. The van der Waals surface area contributed by atoms with Crippen molar-refractivity contribution in [2.45, 2.75) is 64.7 Å². The zero-order valence-electron chi connectivity index (χ0n) is 12.7. The average molecular weight is 288 g/mol. The quantitative estimate of drug-likeness (QED) is 0.882. The molecule has 1 aliphatic carbocycles. The number of hydrogen-bond acceptors (Lipinski definition) is 4. The van der Waals surface area contributed by atoms with E-state index in [9.17, 15) is 0 Å². The zero-order valence-corrected chi connectivity index (χ0v) is 12.7. The molecule has 2 aromatic heterocycles. The van der Waals surface area contributed by atoms with E-state index in [-0.39, 0.29) is 0 Å². The van der Waals surface area contributed by atoms with Crippen LogP contribution >= 0.6 is 0 Å². The van der Waals surface area contributed by atoms with Crippen LogP contribution in [0.25, 0.3) is 0 Å². The Kier molecular flexibility index (Phi) is 4.65. The number of hydrogen-bond donors (Lipinski definition) is 1. The minimum atomic E-state index is 0.664. The predicted molar refractivity (Wildman–Crippen MR) is 80.7 cm³/mol. The minimum absolute atomic E-state index is 0.664. The summed E-state index contributed by atoms with van der Waals surface area (Å²) in [6, 6.07) is 0.664. The molecule has 1 fully saturated rings. The lowest BCUT2D eigenvalue weighted by molar-refractivity contribution is 0.371. The lowest BCUT2D eigenvalue weighted by atomic mass is 9.95. The zero-order chi connectivity index (χ0) is 14.5. The van der Waals surface area contributed by atoms with E-state index in [0.29, 0.717) is 6.04 Å². The molecule has 2 aromatic rings. The number of imidazole rings is 1. The van der Waals surface area contributed by atoms with Crippen molar-refractivity contribution >= 4 is 0 Å². The van der Waals surface area contributed by atoms with Crippen LogP contribution in [0.2, 0.25) is 0 Å². The van der Waals surface area contributed by atoms with Gasteiger partial charge in [0.25, 0.3) is 0 Å². The summed E-state index contributed by atoms with van der Waals surface area (Å²) in [5.41, 5.74) is 1.03. The molecule has 0 unspecified atom stereocenters. The normalized spacial score (nSPS) is 16.4. The third kappa shape index (κ3) is 3.91. The minimum Gasteiger partial charge on any atom is -0.333 e. The molecule has 21 heavy (non-hydrogen) atoms. The van der Waals surface area contributed by atoms with Crippen LogP contribution in [0.3, 0.4) is 0 Å². The molecule has 2 heterocycles. The maximum atomic E-state index is 4.25. The molecule has 1 saturated carbocycles. The molecule has 0 aromatic carbocycles. The first-order valence-electron chi connectivity index (χ1n) is 7.91. The van der Waals surface area contributed by atoms with Crippen molar-refractivity contribution in [2.24, 2.45) is 0 Å². The molecule has 6 nitrogen and oxygen atoms in total. The Bertz CT molecular complexity index is 552. The second-order valence-electron chi connectivity index (χ2n) is 5.86. The third-order valence-electron chi connectivity index (χ3n) is 4.26. The summed E-state index contributed by atoms with van der Waals surface area (Å²) in [4.78, 5) is 4.22. The van der Waals surface area contributed by atoms with Gasteiger partial charge < -0.3 is 9.88 Å². The van der Waals surface area contributed by atoms with Crippen LogP contribution in [0.1, 0.15) is 43.6 Å². The van der Waals surface area contributed by atoms with Gasteiger partial charge in [-0.25, -0.2) is 4.98 Å². The maximum absolute atomic E-state index is 4.25. The van der Waals surface area contributed by atoms with E-state index in [2.05, 4.69) is 25.2 Å². The summed E-state index contributed by atoms with van der Waals surface area (Å²) in [6.45, 7) is 4.55. The Morgan fingerprint density at radius 2 is 2.10 bits per heavy atom. The summed E-state index contributed by atoms with van der Waals surface area (Å²) in [7, 11) is 0. The molecule has 0 saturated heterocycles. The standard InChI is InChI=1S/C15H24N6/c1-13-16-7-8-20(13)9-10-21-12-15(18-19-21)11-17-14-5-3-2-4-6-14/h7-8,12,14,17H,2-6,9-11H2,1H3. The molecule has 3 rings (SSSR count). The van der Waals surface area contributed by atoms with Crippen LogP contribution in [-0.2, 0) is 19.6 Å². The van der Waals surface area contributed by atoms with E-state index in [4.69, 9.17) is 0 Å². The second-order valence-corrected chi connectivity index (χ2v) is 5.86. The van der Waals surface area contributed by atoms with E-state index in [1.54, 1.807) is 0 Å². The monoisotopic (exact) mass is 288 g/mol.